The highest BCUT2D eigenvalue weighted by molar-refractivity contribution is 5.98. The number of methoxy groups -OCH3 is 2. The molecule has 0 aliphatic rings. The number of nitrogens with zero attached hydrogens (tertiary/aromatic N) is 2. The van der Waals surface area contributed by atoms with E-state index in [4.69, 9.17) is 9.47 Å². The summed E-state index contributed by atoms with van der Waals surface area (Å²) in [6.45, 7) is 5.78. The van der Waals surface area contributed by atoms with E-state index < -0.39 is 11.7 Å². The Morgan fingerprint density at radius 3 is 2.52 bits per heavy atom. The Morgan fingerprint density at radius 1 is 1.32 bits per heavy atom. The Morgan fingerprint density at radius 2 is 2.00 bits per heavy atom. The van der Waals surface area contributed by atoms with Gasteiger partial charge >= 0.3 is 0 Å². The second-order valence-corrected chi connectivity index (χ2v) is 6.01. The van der Waals surface area contributed by atoms with Crippen LogP contribution in [0.1, 0.15) is 34.2 Å². The van der Waals surface area contributed by atoms with E-state index in [-0.39, 0.29) is 17.4 Å². The van der Waals surface area contributed by atoms with E-state index in [9.17, 15) is 9.18 Å². The molecule has 0 unspecified atom stereocenters. The third-order valence-electron chi connectivity index (χ3n) is 4.27. The highest BCUT2D eigenvalue weighted by Crippen LogP contribution is 2.32. The molecular weight excluding hydrogens is 325 g/mol. The van der Waals surface area contributed by atoms with Crippen molar-refractivity contribution in [2.45, 2.75) is 33.2 Å². The number of halogens is 1. The monoisotopic (exact) mass is 349 g/mol. The van der Waals surface area contributed by atoms with Gasteiger partial charge < -0.3 is 14.8 Å². The zero-order chi connectivity index (χ0) is 18.7. The first-order valence-electron chi connectivity index (χ1n) is 8.00. The lowest BCUT2D eigenvalue weighted by atomic mass is 10.0. The Balaban J connectivity index is 2.22. The minimum absolute atomic E-state index is 0.0842. The van der Waals surface area contributed by atoms with Gasteiger partial charge in [-0.2, -0.15) is 5.10 Å². The number of nitrogens with one attached hydrogen (secondary N) is 1. The molecule has 0 radical (unpaired) electrons. The van der Waals surface area contributed by atoms with Crippen molar-refractivity contribution in [2.75, 3.05) is 14.2 Å². The van der Waals surface area contributed by atoms with E-state index in [1.54, 1.807) is 0 Å². The second-order valence-electron chi connectivity index (χ2n) is 6.01. The third-order valence-corrected chi connectivity index (χ3v) is 4.27. The molecule has 2 rings (SSSR count). The summed E-state index contributed by atoms with van der Waals surface area (Å²) in [5, 5.41) is 7.20. The van der Waals surface area contributed by atoms with Crippen molar-refractivity contribution in [1.29, 1.82) is 0 Å². The maximum atomic E-state index is 14.2. The molecule has 1 heterocycles. The molecule has 2 aromatic rings. The molecule has 136 valence electrons. The minimum atomic E-state index is -0.656. The Labute approximate surface area is 146 Å². The fourth-order valence-corrected chi connectivity index (χ4v) is 2.88. The molecule has 1 atom stereocenters. The molecule has 7 heteroatoms. The van der Waals surface area contributed by atoms with E-state index >= 15 is 0 Å². The van der Waals surface area contributed by atoms with Crippen LogP contribution in [0.2, 0.25) is 0 Å². The van der Waals surface area contributed by atoms with Crippen molar-refractivity contribution in [3.05, 3.63) is 40.5 Å². The molecule has 1 N–H and O–H groups in total. The predicted octanol–water partition coefficient (Wildman–Crippen LogP) is 2.55. The largest absolute Gasteiger partial charge is 0.493 e. The van der Waals surface area contributed by atoms with Crippen LogP contribution in [0.15, 0.2) is 12.1 Å². The van der Waals surface area contributed by atoms with Crippen LogP contribution in [0.5, 0.6) is 11.5 Å². The summed E-state index contributed by atoms with van der Waals surface area (Å²) in [4.78, 5) is 12.6. The number of carbonyl (C=O) groups excluding carboxylic acids is 1. The summed E-state index contributed by atoms with van der Waals surface area (Å²) in [5.41, 5.74) is 2.89. The fraction of sp³-hybridized carbons (Fsp3) is 0.444. The smallest absolute Gasteiger partial charge is 0.258 e. The van der Waals surface area contributed by atoms with Gasteiger partial charge in [-0.05, 0) is 44.9 Å². The van der Waals surface area contributed by atoms with Gasteiger partial charge in [0.25, 0.3) is 5.91 Å². The Bertz CT molecular complexity index is 786. The van der Waals surface area contributed by atoms with E-state index in [0.717, 1.165) is 17.0 Å². The third kappa shape index (κ3) is 3.75. The van der Waals surface area contributed by atoms with E-state index in [1.165, 1.54) is 26.4 Å². The van der Waals surface area contributed by atoms with Gasteiger partial charge in [0, 0.05) is 18.8 Å². The number of carbonyl (C=O) groups is 1. The first kappa shape index (κ1) is 18.8. The van der Waals surface area contributed by atoms with Gasteiger partial charge in [-0.1, -0.05) is 0 Å². The normalized spacial score (nSPS) is 12.0. The standard InChI is InChI=1S/C18H24FN3O3/c1-10(9-13-11(2)21-22(4)12(13)3)20-18(23)16-14(19)7-8-15(24-5)17(16)25-6/h7-8,10H,9H2,1-6H3,(H,20,23)/t10-/m1/s1. The van der Waals surface area contributed by atoms with Crippen LogP contribution >= 0.6 is 0 Å². The molecule has 1 aromatic heterocycles. The zero-order valence-corrected chi connectivity index (χ0v) is 15.4. The van der Waals surface area contributed by atoms with Gasteiger partial charge in [-0.3, -0.25) is 9.48 Å². The lowest BCUT2D eigenvalue weighted by molar-refractivity contribution is 0.0932. The molecule has 0 aliphatic heterocycles. The van der Waals surface area contributed by atoms with Crippen molar-refractivity contribution in [2.24, 2.45) is 7.05 Å². The van der Waals surface area contributed by atoms with Gasteiger partial charge in [0.15, 0.2) is 11.5 Å². The summed E-state index contributed by atoms with van der Waals surface area (Å²) in [6.07, 6.45) is 0.602. The summed E-state index contributed by atoms with van der Waals surface area (Å²) < 4.78 is 26.3. The summed E-state index contributed by atoms with van der Waals surface area (Å²) in [6, 6.07) is 2.41. The van der Waals surface area contributed by atoms with Crippen molar-refractivity contribution < 1.29 is 18.7 Å². The van der Waals surface area contributed by atoms with E-state index in [0.29, 0.717) is 12.2 Å². The molecule has 0 aliphatic carbocycles. The maximum absolute atomic E-state index is 14.2. The van der Waals surface area contributed by atoms with Gasteiger partial charge in [-0.25, -0.2) is 4.39 Å². The highest BCUT2D eigenvalue weighted by Gasteiger charge is 2.23. The number of benzene rings is 1. The van der Waals surface area contributed by atoms with E-state index in [1.807, 2.05) is 32.5 Å². The van der Waals surface area contributed by atoms with Crippen LogP contribution in [-0.2, 0) is 13.5 Å². The van der Waals surface area contributed by atoms with Crippen molar-refractivity contribution in [3.63, 3.8) is 0 Å². The van der Waals surface area contributed by atoms with Crippen LogP contribution in [-0.4, -0.2) is 35.9 Å². The van der Waals surface area contributed by atoms with Gasteiger partial charge in [-0.15, -0.1) is 0 Å². The van der Waals surface area contributed by atoms with Crippen LogP contribution < -0.4 is 14.8 Å². The molecule has 0 bridgehead atoms. The van der Waals surface area contributed by atoms with Gasteiger partial charge in [0.2, 0.25) is 0 Å². The predicted molar refractivity (Wildman–Crippen MR) is 92.8 cm³/mol. The highest BCUT2D eigenvalue weighted by atomic mass is 19.1. The number of hydrogen-bond donors (Lipinski definition) is 1. The van der Waals surface area contributed by atoms with Crippen molar-refractivity contribution in [1.82, 2.24) is 15.1 Å². The molecule has 6 nitrogen and oxygen atoms in total. The van der Waals surface area contributed by atoms with Crippen molar-refractivity contribution >= 4 is 5.91 Å². The average molecular weight is 349 g/mol. The zero-order valence-electron chi connectivity index (χ0n) is 15.4. The van der Waals surface area contributed by atoms with Crippen LogP contribution in [0.4, 0.5) is 4.39 Å². The van der Waals surface area contributed by atoms with Crippen LogP contribution in [0.25, 0.3) is 0 Å². The average Bonchev–Trinajstić information content (AvgIpc) is 2.80. The van der Waals surface area contributed by atoms with Gasteiger partial charge in [0.05, 0.1) is 19.9 Å². The Kier molecular flexibility index (Phi) is 5.66. The quantitative estimate of drug-likeness (QED) is 0.870. The SMILES string of the molecule is COc1ccc(F)c(C(=O)N[C@H](C)Cc2c(C)nn(C)c2C)c1OC. The second kappa shape index (κ2) is 7.55. The molecule has 25 heavy (non-hydrogen) atoms. The number of rotatable bonds is 6. The lowest BCUT2D eigenvalue weighted by Gasteiger charge is -2.17. The maximum Gasteiger partial charge on any atom is 0.258 e. The fourth-order valence-electron chi connectivity index (χ4n) is 2.88. The number of ether oxygens (including phenoxy) is 2. The number of hydrogen-bond acceptors (Lipinski definition) is 4. The van der Waals surface area contributed by atoms with E-state index in [2.05, 4.69) is 10.4 Å². The minimum Gasteiger partial charge on any atom is -0.493 e. The first-order chi connectivity index (χ1) is 11.8. The molecule has 1 amide bonds. The Hall–Kier alpha value is -2.57. The molecular formula is C18H24FN3O3. The molecule has 0 spiro atoms. The molecule has 0 fully saturated rings. The topological polar surface area (TPSA) is 65.4 Å². The lowest BCUT2D eigenvalue weighted by Crippen LogP contribution is -2.35. The van der Waals surface area contributed by atoms with Crippen LogP contribution in [0, 0.1) is 19.7 Å². The number of aryl methyl sites for hydroxylation is 2. The molecule has 0 saturated heterocycles. The number of aromatic nitrogens is 2. The van der Waals surface area contributed by atoms with Crippen molar-refractivity contribution in [3.8, 4) is 11.5 Å². The van der Waals surface area contributed by atoms with Gasteiger partial charge in [0.1, 0.15) is 11.4 Å². The summed E-state index contributed by atoms with van der Waals surface area (Å²) >= 11 is 0. The number of amides is 1. The summed E-state index contributed by atoms with van der Waals surface area (Å²) in [7, 11) is 4.69. The molecule has 1 aromatic carbocycles. The van der Waals surface area contributed by atoms with Crippen LogP contribution in [0.3, 0.4) is 0 Å². The summed E-state index contributed by atoms with van der Waals surface area (Å²) in [5.74, 6) is -0.808. The first-order valence-corrected chi connectivity index (χ1v) is 8.00. The molecule has 0 saturated carbocycles.